The molecule has 198 valence electrons. The molecule has 1 amide bonds. The van der Waals surface area contributed by atoms with Gasteiger partial charge in [-0.3, -0.25) is 4.79 Å². The lowest BCUT2D eigenvalue weighted by atomic mass is 10.1. The minimum absolute atomic E-state index is 0.131. The molecule has 0 saturated carbocycles. The third kappa shape index (κ3) is 6.50. The molecule has 0 fully saturated rings. The van der Waals surface area contributed by atoms with Gasteiger partial charge in [-0.05, 0) is 55.8 Å². The molecule has 0 saturated heterocycles. The van der Waals surface area contributed by atoms with Gasteiger partial charge in [0.05, 0.1) is 37.6 Å². The van der Waals surface area contributed by atoms with Crippen LogP contribution in [0.5, 0.6) is 17.2 Å². The van der Waals surface area contributed by atoms with Crippen LogP contribution in [0.25, 0.3) is 6.08 Å². The number of methoxy groups -OCH3 is 3. The maximum absolute atomic E-state index is 13.1. The summed E-state index contributed by atoms with van der Waals surface area (Å²) in [5.41, 5.74) is 1.83. The largest absolute Gasteiger partial charge is 0.493 e. The number of benzene rings is 2. The quantitative estimate of drug-likeness (QED) is 0.395. The number of sulfonamides is 1. The molecule has 2 aromatic carbocycles. The number of carbonyl (C=O) groups excluding carboxylic acids is 1. The Kier molecular flexibility index (Phi) is 10.6. The lowest BCUT2D eigenvalue weighted by Crippen LogP contribution is -2.31. The molecule has 0 aromatic heterocycles. The van der Waals surface area contributed by atoms with Crippen LogP contribution in [-0.4, -0.2) is 66.1 Å². The van der Waals surface area contributed by atoms with E-state index in [2.05, 4.69) is 5.32 Å². The van der Waals surface area contributed by atoms with Gasteiger partial charge < -0.3 is 24.4 Å². The Bertz CT molecular complexity index is 1150. The van der Waals surface area contributed by atoms with E-state index in [0.29, 0.717) is 54.7 Å². The van der Waals surface area contributed by atoms with Gasteiger partial charge in [0.15, 0.2) is 11.5 Å². The van der Waals surface area contributed by atoms with E-state index in [-0.39, 0.29) is 4.90 Å². The second-order valence-corrected chi connectivity index (χ2v) is 9.66. The molecular formula is C26H37N3O6S. The first-order chi connectivity index (χ1) is 17.2. The minimum atomic E-state index is -3.69. The van der Waals surface area contributed by atoms with Crippen molar-refractivity contribution in [3.63, 3.8) is 0 Å². The van der Waals surface area contributed by atoms with Crippen molar-refractivity contribution in [2.75, 3.05) is 57.7 Å². The average molecular weight is 520 g/mol. The third-order valence-electron chi connectivity index (χ3n) is 5.79. The first-order valence-electron chi connectivity index (χ1n) is 11.9. The van der Waals surface area contributed by atoms with Crippen molar-refractivity contribution in [2.45, 2.75) is 32.6 Å². The molecule has 0 heterocycles. The number of amides is 1. The normalized spacial score (nSPS) is 11.6. The van der Waals surface area contributed by atoms with Crippen molar-refractivity contribution in [2.24, 2.45) is 0 Å². The van der Waals surface area contributed by atoms with Crippen molar-refractivity contribution in [3.8, 4) is 17.2 Å². The Balaban J connectivity index is 2.44. The number of hydrogen-bond acceptors (Lipinski definition) is 7. The molecular weight excluding hydrogens is 482 g/mol. The van der Waals surface area contributed by atoms with E-state index >= 15 is 0 Å². The van der Waals surface area contributed by atoms with E-state index in [1.54, 1.807) is 44.2 Å². The van der Waals surface area contributed by atoms with Crippen LogP contribution in [-0.2, 0) is 14.8 Å². The topological polar surface area (TPSA) is 97.4 Å². The van der Waals surface area contributed by atoms with Gasteiger partial charge in [-0.2, -0.15) is 4.31 Å². The number of hydrogen-bond donors (Lipinski definition) is 1. The Labute approximate surface area is 214 Å². The average Bonchev–Trinajstić information content (AvgIpc) is 2.88. The molecule has 10 heteroatoms. The van der Waals surface area contributed by atoms with Crippen LogP contribution < -0.4 is 24.4 Å². The van der Waals surface area contributed by atoms with Gasteiger partial charge in [0.1, 0.15) is 0 Å². The highest BCUT2D eigenvalue weighted by atomic mass is 32.2. The monoisotopic (exact) mass is 519 g/mol. The highest BCUT2D eigenvalue weighted by Crippen LogP contribution is 2.38. The number of nitrogens with one attached hydrogen (secondary N) is 1. The Morgan fingerprint density at radius 2 is 1.47 bits per heavy atom. The zero-order chi connectivity index (χ0) is 26.9. The zero-order valence-electron chi connectivity index (χ0n) is 22.1. The second-order valence-electron chi connectivity index (χ2n) is 7.72. The van der Waals surface area contributed by atoms with E-state index in [1.807, 2.05) is 18.7 Å². The van der Waals surface area contributed by atoms with Gasteiger partial charge in [-0.1, -0.05) is 13.8 Å². The van der Waals surface area contributed by atoms with Gasteiger partial charge in [-0.25, -0.2) is 8.42 Å². The Morgan fingerprint density at radius 3 is 1.94 bits per heavy atom. The van der Waals surface area contributed by atoms with Crippen molar-refractivity contribution in [1.29, 1.82) is 0 Å². The molecule has 0 aliphatic rings. The molecule has 0 aliphatic carbocycles. The lowest BCUT2D eigenvalue weighted by Gasteiger charge is -2.25. The molecule has 0 radical (unpaired) electrons. The molecule has 0 bridgehead atoms. The maximum atomic E-state index is 13.1. The van der Waals surface area contributed by atoms with Crippen LogP contribution >= 0.6 is 0 Å². The van der Waals surface area contributed by atoms with Crippen molar-refractivity contribution >= 4 is 33.4 Å². The number of rotatable bonds is 13. The highest BCUT2D eigenvalue weighted by molar-refractivity contribution is 7.89. The van der Waals surface area contributed by atoms with Crippen LogP contribution in [0.1, 0.15) is 33.3 Å². The fourth-order valence-electron chi connectivity index (χ4n) is 3.87. The fraction of sp³-hybridized carbons (Fsp3) is 0.423. The van der Waals surface area contributed by atoms with Gasteiger partial charge in [0.2, 0.25) is 21.7 Å². The molecule has 9 nitrogen and oxygen atoms in total. The SMILES string of the molecule is CCN(CC)c1ccc(S(=O)(=O)N(CC)CC)cc1NC(=O)C=Cc1cc(OC)c(OC)c(OC)c1. The van der Waals surface area contributed by atoms with E-state index in [1.165, 1.54) is 37.8 Å². The molecule has 0 aliphatic heterocycles. The van der Waals surface area contributed by atoms with Crippen LogP contribution in [0.4, 0.5) is 11.4 Å². The zero-order valence-corrected chi connectivity index (χ0v) is 22.9. The number of anilines is 2. The van der Waals surface area contributed by atoms with Crippen LogP contribution in [0.3, 0.4) is 0 Å². The van der Waals surface area contributed by atoms with Crippen molar-refractivity contribution in [1.82, 2.24) is 4.31 Å². The second kappa shape index (κ2) is 13.2. The summed E-state index contributed by atoms with van der Waals surface area (Å²) in [5.74, 6) is 0.983. The van der Waals surface area contributed by atoms with Crippen molar-refractivity contribution < 1.29 is 27.4 Å². The summed E-state index contributed by atoms with van der Waals surface area (Å²) in [6.45, 7) is 9.70. The summed E-state index contributed by atoms with van der Waals surface area (Å²) in [6, 6.07) is 8.30. The van der Waals surface area contributed by atoms with Crippen LogP contribution in [0.15, 0.2) is 41.3 Å². The number of ether oxygens (including phenoxy) is 3. The first kappa shape index (κ1) is 29.0. The number of carbonyl (C=O) groups is 1. The standard InChI is InChI=1S/C26H37N3O6S/c1-8-28(9-2)22-14-13-20(36(31,32)29(10-3)11-4)18-21(22)27-25(30)15-12-19-16-23(33-5)26(35-7)24(17-19)34-6/h12-18H,8-11H2,1-7H3,(H,27,30). The molecule has 2 rings (SSSR count). The van der Waals surface area contributed by atoms with E-state index in [9.17, 15) is 13.2 Å². The summed E-state index contributed by atoms with van der Waals surface area (Å²) >= 11 is 0. The van der Waals surface area contributed by atoms with Crippen LogP contribution in [0, 0.1) is 0 Å². The van der Waals surface area contributed by atoms with E-state index < -0.39 is 15.9 Å². The maximum Gasteiger partial charge on any atom is 0.248 e. The summed E-state index contributed by atoms with van der Waals surface area (Å²) in [5, 5.41) is 2.86. The highest BCUT2D eigenvalue weighted by Gasteiger charge is 2.23. The first-order valence-corrected chi connectivity index (χ1v) is 13.3. The van der Waals surface area contributed by atoms with Crippen molar-refractivity contribution in [3.05, 3.63) is 42.0 Å². The van der Waals surface area contributed by atoms with E-state index in [4.69, 9.17) is 14.2 Å². The molecule has 0 unspecified atom stereocenters. The fourth-order valence-corrected chi connectivity index (χ4v) is 5.36. The van der Waals surface area contributed by atoms with Gasteiger partial charge in [0, 0.05) is 32.3 Å². The van der Waals surface area contributed by atoms with E-state index in [0.717, 1.165) is 5.69 Å². The smallest absolute Gasteiger partial charge is 0.248 e. The predicted molar refractivity (Wildman–Crippen MR) is 144 cm³/mol. The lowest BCUT2D eigenvalue weighted by molar-refractivity contribution is -0.111. The molecule has 36 heavy (non-hydrogen) atoms. The number of nitrogens with zero attached hydrogens (tertiary/aromatic N) is 2. The van der Waals surface area contributed by atoms with Gasteiger partial charge in [0.25, 0.3) is 0 Å². The third-order valence-corrected chi connectivity index (χ3v) is 7.83. The molecule has 0 atom stereocenters. The molecule has 2 aromatic rings. The van der Waals surface area contributed by atoms with Gasteiger partial charge in [-0.15, -0.1) is 0 Å². The van der Waals surface area contributed by atoms with Gasteiger partial charge >= 0.3 is 0 Å². The minimum Gasteiger partial charge on any atom is -0.493 e. The summed E-state index contributed by atoms with van der Waals surface area (Å²) < 4.78 is 43.6. The predicted octanol–water partition coefficient (Wildman–Crippen LogP) is 4.24. The Hall–Kier alpha value is -3.24. The summed E-state index contributed by atoms with van der Waals surface area (Å²) in [6.07, 6.45) is 2.99. The summed E-state index contributed by atoms with van der Waals surface area (Å²) in [4.78, 5) is 15.1. The Morgan fingerprint density at radius 1 is 0.889 bits per heavy atom. The van der Waals surface area contributed by atoms with Crippen LogP contribution in [0.2, 0.25) is 0 Å². The molecule has 0 spiro atoms. The molecule has 1 N–H and O–H groups in total. The summed E-state index contributed by atoms with van der Waals surface area (Å²) in [7, 11) is 0.871.